The van der Waals surface area contributed by atoms with E-state index in [0.29, 0.717) is 0 Å². The highest BCUT2D eigenvalue weighted by Crippen LogP contribution is 2.26. The summed E-state index contributed by atoms with van der Waals surface area (Å²) in [5.74, 6) is -0.618. The number of nitrogen functional groups attached to an aromatic ring is 1. The van der Waals surface area contributed by atoms with Gasteiger partial charge in [-0.05, 0) is 41.9 Å². The topological polar surface area (TPSA) is 81.4 Å². The van der Waals surface area contributed by atoms with Gasteiger partial charge in [-0.2, -0.15) is 0 Å². The van der Waals surface area contributed by atoms with Crippen LogP contribution in [0.15, 0.2) is 21.5 Å². The van der Waals surface area contributed by atoms with Crippen molar-refractivity contribution in [2.75, 3.05) is 19.5 Å². The lowest BCUT2D eigenvalue weighted by atomic mass is 10.1. The highest BCUT2D eigenvalue weighted by atomic mass is 79.9. The standard InChI is InChI=1S/C11H16BrFN2O3S/c1-11(2,6-18-3)15-19(16,17)10-4-7(12)8(13)5-9(10)14/h4-5,15H,6,14H2,1-3H3. The Kier molecular flexibility index (Phi) is 4.94. The summed E-state index contributed by atoms with van der Waals surface area (Å²) in [5.41, 5.74) is 4.60. The fraction of sp³-hybridized carbons (Fsp3) is 0.455. The fourth-order valence-electron chi connectivity index (χ4n) is 1.59. The normalized spacial score (nSPS) is 12.7. The Balaban J connectivity index is 3.18. The van der Waals surface area contributed by atoms with Crippen LogP contribution in [0.2, 0.25) is 0 Å². The Labute approximate surface area is 120 Å². The van der Waals surface area contributed by atoms with E-state index in [1.807, 2.05) is 0 Å². The van der Waals surface area contributed by atoms with E-state index >= 15 is 0 Å². The maximum absolute atomic E-state index is 13.2. The summed E-state index contributed by atoms with van der Waals surface area (Å²) in [7, 11) is -2.39. The molecule has 0 aliphatic rings. The number of methoxy groups -OCH3 is 1. The van der Waals surface area contributed by atoms with Crippen LogP contribution in [0, 0.1) is 5.82 Å². The van der Waals surface area contributed by atoms with Crippen LogP contribution < -0.4 is 10.5 Å². The third kappa shape index (κ3) is 4.13. The third-order valence-corrected chi connectivity index (χ3v) is 4.62. The first kappa shape index (κ1) is 16.4. The quantitative estimate of drug-likeness (QED) is 0.791. The van der Waals surface area contributed by atoms with E-state index in [4.69, 9.17) is 10.5 Å². The maximum atomic E-state index is 13.2. The van der Waals surface area contributed by atoms with E-state index in [1.165, 1.54) is 7.11 Å². The molecule has 0 unspecified atom stereocenters. The molecular weight excluding hydrogens is 339 g/mol. The molecule has 0 heterocycles. The van der Waals surface area contributed by atoms with Gasteiger partial charge in [0, 0.05) is 7.11 Å². The lowest BCUT2D eigenvalue weighted by Crippen LogP contribution is -2.46. The van der Waals surface area contributed by atoms with Crippen molar-refractivity contribution in [1.82, 2.24) is 4.72 Å². The molecule has 0 aliphatic heterocycles. The van der Waals surface area contributed by atoms with Crippen molar-refractivity contribution in [1.29, 1.82) is 0 Å². The first-order valence-corrected chi connectivity index (χ1v) is 7.64. The maximum Gasteiger partial charge on any atom is 0.243 e. The number of nitrogens with one attached hydrogen (secondary N) is 1. The zero-order valence-electron chi connectivity index (χ0n) is 10.8. The second-order valence-corrected chi connectivity index (χ2v) is 7.23. The molecule has 5 nitrogen and oxygen atoms in total. The smallest absolute Gasteiger partial charge is 0.243 e. The summed E-state index contributed by atoms with van der Waals surface area (Å²) < 4.78 is 45.1. The van der Waals surface area contributed by atoms with Crippen LogP contribution in [0.3, 0.4) is 0 Å². The van der Waals surface area contributed by atoms with Crippen LogP contribution in [0.1, 0.15) is 13.8 Å². The van der Waals surface area contributed by atoms with Crippen molar-refractivity contribution < 1.29 is 17.5 Å². The number of hydrogen-bond acceptors (Lipinski definition) is 4. The number of ether oxygens (including phenoxy) is 1. The van der Waals surface area contributed by atoms with Gasteiger partial charge in [-0.25, -0.2) is 17.5 Å². The van der Waals surface area contributed by atoms with E-state index in [9.17, 15) is 12.8 Å². The Morgan fingerprint density at radius 1 is 1.47 bits per heavy atom. The van der Waals surface area contributed by atoms with Gasteiger partial charge >= 0.3 is 0 Å². The Hall–Kier alpha value is -0.700. The molecule has 1 rings (SSSR count). The molecular formula is C11H16BrFN2O3S. The van der Waals surface area contributed by atoms with Crippen molar-refractivity contribution in [3.8, 4) is 0 Å². The molecule has 0 radical (unpaired) electrons. The monoisotopic (exact) mass is 354 g/mol. The molecule has 3 N–H and O–H groups in total. The predicted octanol–water partition coefficient (Wildman–Crippen LogP) is 1.87. The van der Waals surface area contributed by atoms with Gasteiger partial charge in [-0.15, -0.1) is 0 Å². The summed E-state index contributed by atoms with van der Waals surface area (Å²) in [5, 5.41) is 0. The molecule has 0 aromatic heterocycles. The number of anilines is 1. The molecule has 1 aromatic rings. The molecule has 0 atom stereocenters. The van der Waals surface area contributed by atoms with E-state index in [1.54, 1.807) is 13.8 Å². The van der Waals surface area contributed by atoms with Gasteiger partial charge in [0.05, 0.1) is 22.3 Å². The summed E-state index contributed by atoms with van der Waals surface area (Å²) in [6.07, 6.45) is 0. The SMILES string of the molecule is COCC(C)(C)NS(=O)(=O)c1cc(Br)c(F)cc1N. The molecule has 0 aliphatic carbocycles. The van der Waals surface area contributed by atoms with Gasteiger partial charge in [0.2, 0.25) is 10.0 Å². The Morgan fingerprint density at radius 3 is 2.58 bits per heavy atom. The molecule has 0 bridgehead atoms. The molecule has 0 amide bonds. The van der Waals surface area contributed by atoms with E-state index in [0.717, 1.165) is 12.1 Å². The minimum Gasteiger partial charge on any atom is -0.398 e. The van der Waals surface area contributed by atoms with Crippen molar-refractivity contribution in [2.45, 2.75) is 24.3 Å². The number of sulfonamides is 1. The Bertz CT molecular complexity index is 576. The van der Waals surface area contributed by atoms with Crippen LogP contribution in [-0.2, 0) is 14.8 Å². The number of benzene rings is 1. The van der Waals surface area contributed by atoms with E-state index in [2.05, 4.69) is 20.7 Å². The van der Waals surface area contributed by atoms with Gasteiger partial charge in [-0.3, -0.25) is 0 Å². The van der Waals surface area contributed by atoms with Gasteiger partial charge < -0.3 is 10.5 Å². The second-order valence-electron chi connectivity index (χ2n) is 4.73. The second kappa shape index (κ2) is 5.74. The number of nitrogens with two attached hydrogens (primary N) is 1. The van der Waals surface area contributed by atoms with Gasteiger partial charge in [0.15, 0.2) is 0 Å². The highest BCUT2D eigenvalue weighted by Gasteiger charge is 2.28. The first-order chi connectivity index (χ1) is 8.59. The summed E-state index contributed by atoms with van der Waals surface area (Å²) >= 11 is 2.94. The summed E-state index contributed by atoms with van der Waals surface area (Å²) in [6.45, 7) is 3.53. The number of halogens is 2. The number of rotatable bonds is 5. The van der Waals surface area contributed by atoms with Gasteiger partial charge in [0.25, 0.3) is 0 Å². The molecule has 1 aromatic carbocycles. The zero-order chi connectivity index (χ0) is 14.8. The van der Waals surface area contributed by atoms with Crippen LogP contribution in [0.5, 0.6) is 0 Å². The van der Waals surface area contributed by atoms with Crippen molar-refractivity contribution >= 4 is 31.6 Å². The van der Waals surface area contributed by atoms with Crippen LogP contribution >= 0.6 is 15.9 Å². The average molecular weight is 355 g/mol. The summed E-state index contributed by atoms with van der Waals surface area (Å²) in [6, 6.07) is 2.10. The van der Waals surface area contributed by atoms with Crippen molar-refractivity contribution in [2.24, 2.45) is 0 Å². The fourth-order valence-corrected chi connectivity index (χ4v) is 3.62. The lowest BCUT2D eigenvalue weighted by Gasteiger charge is -2.25. The van der Waals surface area contributed by atoms with Crippen molar-refractivity contribution in [3.63, 3.8) is 0 Å². The molecule has 8 heteroatoms. The van der Waals surface area contributed by atoms with Crippen LogP contribution in [0.25, 0.3) is 0 Å². The minimum absolute atomic E-state index is 0.0339. The molecule has 0 saturated heterocycles. The number of hydrogen-bond donors (Lipinski definition) is 2. The van der Waals surface area contributed by atoms with Crippen LogP contribution in [-0.4, -0.2) is 27.7 Å². The summed E-state index contributed by atoms with van der Waals surface area (Å²) in [4.78, 5) is -0.176. The highest BCUT2D eigenvalue weighted by molar-refractivity contribution is 9.10. The van der Waals surface area contributed by atoms with Gasteiger partial charge in [-0.1, -0.05) is 0 Å². The predicted molar refractivity (Wildman–Crippen MR) is 74.8 cm³/mol. The average Bonchev–Trinajstić information content (AvgIpc) is 2.21. The third-order valence-electron chi connectivity index (χ3n) is 2.26. The molecule has 0 fully saturated rings. The largest absolute Gasteiger partial charge is 0.398 e. The van der Waals surface area contributed by atoms with Gasteiger partial charge in [0.1, 0.15) is 10.7 Å². The minimum atomic E-state index is -3.86. The zero-order valence-corrected chi connectivity index (χ0v) is 13.2. The van der Waals surface area contributed by atoms with Crippen LogP contribution in [0.4, 0.5) is 10.1 Å². The lowest BCUT2D eigenvalue weighted by molar-refractivity contribution is 0.141. The Morgan fingerprint density at radius 2 is 2.05 bits per heavy atom. The molecule has 19 heavy (non-hydrogen) atoms. The molecule has 108 valence electrons. The van der Waals surface area contributed by atoms with Crippen molar-refractivity contribution in [3.05, 3.63) is 22.4 Å². The molecule has 0 spiro atoms. The first-order valence-electron chi connectivity index (χ1n) is 5.36. The van der Waals surface area contributed by atoms with E-state index in [-0.39, 0.29) is 21.7 Å². The molecule has 0 saturated carbocycles. The van der Waals surface area contributed by atoms with E-state index < -0.39 is 21.4 Å².